The number of para-hydroxylation sites is 1. The fraction of sp³-hybridized carbons (Fsp3) is 0.278. The third-order valence-electron chi connectivity index (χ3n) is 3.96. The van der Waals surface area contributed by atoms with Crippen molar-refractivity contribution >= 4 is 27.3 Å². The summed E-state index contributed by atoms with van der Waals surface area (Å²) in [7, 11) is -3.26. The molecule has 0 radical (unpaired) electrons. The van der Waals surface area contributed by atoms with Crippen molar-refractivity contribution in [3.8, 4) is 5.75 Å². The molecular formula is C18H20N2O4S. The van der Waals surface area contributed by atoms with Crippen LogP contribution in [0.25, 0.3) is 0 Å². The molecule has 2 aromatic rings. The Hall–Kier alpha value is -2.54. The second-order valence-electron chi connectivity index (χ2n) is 5.89. The number of hydrogen-bond acceptors (Lipinski definition) is 4. The molecule has 0 saturated carbocycles. The molecule has 0 atom stereocenters. The van der Waals surface area contributed by atoms with Gasteiger partial charge in [0.05, 0.1) is 25.0 Å². The Kier molecular flexibility index (Phi) is 4.94. The van der Waals surface area contributed by atoms with Gasteiger partial charge in [0.15, 0.2) is 0 Å². The van der Waals surface area contributed by atoms with Gasteiger partial charge in [-0.1, -0.05) is 18.2 Å². The van der Waals surface area contributed by atoms with E-state index in [1.807, 2.05) is 36.4 Å². The van der Waals surface area contributed by atoms with Crippen LogP contribution in [0.5, 0.6) is 5.75 Å². The molecule has 0 bridgehead atoms. The minimum Gasteiger partial charge on any atom is -0.493 e. The Morgan fingerprint density at radius 2 is 1.96 bits per heavy atom. The molecule has 1 amide bonds. The monoisotopic (exact) mass is 360 g/mol. The molecule has 0 aromatic heterocycles. The molecule has 1 aliphatic heterocycles. The van der Waals surface area contributed by atoms with E-state index in [4.69, 9.17) is 4.74 Å². The maximum absolute atomic E-state index is 12.0. The van der Waals surface area contributed by atoms with Crippen LogP contribution in [0, 0.1) is 0 Å². The standard InChI is InChI=1S/C18H20N2O4S/c1-25(22,23)20-11-9-14-13-15(7-8-17(14)20)19-18(21)10-12-24-16-5-3-2-4-6-16/h2-8,13H,9-12H2,1H3,(H,19,21). The van der Waals surface area contributed by atoms with Crippen molar-refractivity contribution in [1.82, 2.24) is 0 Å². The summed E-state index contributed by atoms with van der Waals surface area (Å²) in [6.45, 7) is 0.735. The van der Waals surface area contributed by atoms with Crippen LogP contribution < -0.4 is 14.4 Å². The second-order valence-corrected chi connectivity index (χ2v) is 7.80. The van der Waals surface area contributed by atoms with Crippen molar-refractivity contribution in [2.75, 3.05) is 29.0 Å². The lowest BCUT2D eigenvalue weighted by Crippen LogP contribution is -2.27. The van der Waals surface area contributed by atoms with E-state index >= 15 is 0 Å². The summed E-state index contributed by atoms with van der Waals surface area (Å²) < 4.78 is 30.4. The van der Waals surface area contributed by atoms with E-state index in [1.54, 1.807) is 12.1 Å². The zero-order valence-corrected chi connectivity index (χ0v) is 14.8. The lowest BCUT2D eigenvalue weighted by molar-refractivity contribution is -0.116. The first kappa shape index (κ1) is 17.3. The largest absolute Gasteiger partial charge is 0.493 e. The van der Waals surface area contributed by atoms with Gasteiger partial charge in [-0.05, 0) is 42.3 Å². The van der Waals surface area contributed by atoms with E-state index in [0.717, 1.165) is 11.3 Å². The summed E-state index contributed by atoms with van der Waals surface area (Å²) in [5, 5.41) is 2.82. The highest BCUT2D eigenvalue weighted by atomic mass is 32.2. The van der Waals surface area contributed by atoms with Crippen LogP contribution in [0.15, 0.2) is 48.5 Å². The lowest BCUT2D eigenvalue weighted by Gasteiger charge is -2.16. The second kappa shape index (κ2) is 7.14. The molecule has 0 saturated heterocycles. The van der Waals surface area contributed by atoms with Crippen molar-refractivity contribution in [3.63, 3.8) is 0 Å². The molecule has 0 unspecified atom stereocenters. The molecule has 1 aliphatic rings. The summed E-state index contributed by atoms with van der Waals surface area (Å²) in [6, 6.07) is 14.6. The molecule has 0 fully saturated rings. The van der Waals surface area contributed by atoms with E-state index in [9.17, 15) is 13.2 Å². The topological polar surface area (TPSA) is 75.7 Å². The number of rotatable bonds is 6. The van der Waals surface area contributed by atoms with Crippen LogP contribution in [0.1, 0.15) is 12.0 Å². The van der Waals surface area contributed by atoms with Gasteiger partial charge in [-0.3, -0.25) is 9.10 Å². The van der Waals surface area contributed by atoms with Crippen LogP contribution in [0.3, 0.4) is 0 Å². The summed E-state index contributed by atoms with van der Waals surface area (Å²) in [5.41, 5.74) is 2.27. The first-order valence-electron chi connectivity index (χ1n) is 8.02. The smallest absolute Gasteiger partial charge is 0.232 e. The van der Waals surface area contributed by atoms with Gasteiger partial charge >= 0.3 is 0 Å². The van der Waals surface area contributed by atoms with Crippen molar-refractivity contribution in [3.05, 3.63) is 54.1 Å². The molecule has 6 nitrogen and oxygen atoms in total. The van der Waals surface area contributed by atoms with Crippen molar-refractivity contribution in [1.29, 1.82) is 0 Å². The number of amides is 1. The highest BCUT2D eigenvalue weighted by Crippen LogP contribution is 2.32. The number of carbonyl (C=O) groups is 1. The molecule has 0 aliphatic carbocycles. The SMILES string of the molecule is CS(=O)(=O)N1CCc2cc(NC(=O)CCOc3ccccc3)ccc21. The zero-order valence-electron chi connectivity index (χ0n) is 13.9. The van der Waals surface area contributed by atoms with Crippen molar-refractivity contribution < 1.29 is 17.9 Å². The predicted octanol–water partition coefficient (Wildman–Crippen LogP) is 2.42. The maximum atomic E-state index is 12.0. The van der Waals surface area contributed by atoms with Crippen molar-refractivity contribution in [2.24, 2.45) is 0 Å². The molecule has 132 valence electrons. The molecule has 3 rings (SSSR count). The van der Waals surface area contributed by atoms with E-state index in [2.05, 4.69) is 5.32 Å². The van der Waals surface area contributed by atoms with Gasteiger partial charge in [-0.2, -0.15) is 0 Å². The van der Waals surface area contributed by atoms with Gasteiger partial charge in [0.25, 0.3) is 0 Å². The van der Waals surface area contributed by atoms with Crippen molar-refractivity contribution in [2.45, 2.75) is 12.8 Å². The first-order valence-corrected chi connectivity index (χ1v) is 9.87. The number of ether oxygens (including phenoxy) is 1. The van der Waals surface area contributed by atoms with Crippen LogP contribution in [-0.4, -0.2) is 33.7 Å². The van der Waals surface area contributed by atoms with Gasteiger partial charge in [0.1, 0.15) is 5.75 Å². The third-order valence-corrected chi connectivity index (χ3v) is 5.14. The van der Waals surface area contributed by atoms with Gasteiger partial charge in [-0.25, -0.2) is 8.42 Å². The Labute approximate surface area is 147 Å². The summed E-state index contributed by atoms with van der Waals surface area (Å²) in [6.07, 6.45) is 2.08. The lowest BCUT2D eigenvalue weighted by atomic mass is 10.1. The Morgan fingerprint density at radius 1 is 1.20 bits per heavy atom. The Balaban J connectivity index is 1.56. The zero-order chi connectivity index (χ0) is 17.9. The van der Waals surface area contributed by atoms with E-state index < -0.39 is 10.0 Å². The first-order chi connectivity index (χ1) is 11.9. The summed E-state index contributed by atoms with van der Waals surface area (Å²) in [4.78, 5) is 12.0. The fourth-order valence-electron chi connectivity index (χ4n) is 2.80. The number of benzene rings is 2. The maximum Gasteiger partial charge on any atom is 0.232 e. The molecule has 2 aromatic carbocycles. The average Bonchev–Trinajstić information content (AvgIpc) is 2.99. The van der Waals surface area contributed by atoms with E-state index in [0.29, 0.717) is 30.9 Å². The molecule has 0 spiro atoms. The molecule has 1 heterocycles. The number of hydrogen-bond donors (Lipinski definition) is 1. The minimum absolute atomic E-state index is 0.145. The normalized spacial score (nSPS) is 13.4. The number of sulfonamides is 1. The number of fused-ring (bicyclic) bond motifs is 1. The quantitative estimate of drug-likeness (QED) is 0.858. The number of nitrogens with zero attached hydrogens (tertiary/aromatic N) is 1. The highest BCUT2D eigenvalue weighted by Gasteiger charge is 2.26. The van der Waals surface area contributed by atoms with Crippen LogP contribution >= 0.6 is 0 Å². The summed E-state index contributed by atoms with van der Waals surface area (Å²) >= 11 is 0. The van der Waals surface area contributed by atoms with Crippen LogP contribution in [0.2, 0.25) is 0 Å². The van der Waals surface area contributed by atoms with Gasteiger partial charge < -0.3 is 10.1 Å². The summed E-state index contributed by atoms with van der Waals surface area (Å²) in [5.74, 6) is 0.586. The van der Waals surface area contributed by atoms with Crippen LogP contribution in [0.4, 0.5) is 11.4 Å². The average molecular weight is 360 g/mol. The number of anilines is 2. The molecular weight excluding hydrogens is 340 g/mol. The van der Waals surface area contributed by atoms with Crippen LogP contribution in [-0.2, 0) is 21.2 Å². The molecule has 7 heteroatoms. The van der Waals surface area contributed by atoms with Gasteiger partial charge in [-0.15, -0.1) is 0 Å². The van der Waals surface area contributed by atoms with Gasteiger partial charge in [0, 0.05) is 12.2 Å². The molecule has 1 N–H and O–H groups in total. The fourth-order valence-corrected chi connectivity index (χ4v) is 3.75. The minimum atomic E-state index is -3.26. The van der Waals surface area contributed by atoms with E-state index in [-0.39, 0.29) is 12.3 Å². The number of nitrogens with one attached hydrogen (secondary N) is 1. The molecule has 25 heavy (non-hydrogen) atoms. The number of carbonyl (C=O) groups excluding carboxylic acids is 1. The Morgan fingerprint density at radius 3 is 2.68 bits per heavy atom. The highest BCUT2D eigenvalue weighted by molar-refractivity contribution is 7.92. The van der Waals surface area contributed by atoms with Gasteiger partial charge in [0.2, 0.25) is 15.9 Å². The third kappa shape index (κ3) is 4.30. The predicted molar refractivity (Wildman–Crippen MR) is 97.5 cm³/mol. The van der Waals surface area contributed by atoms with E-state index in [1.165, 1.54) is 10.6 Å². The Bertz CT molecular complexity index is 866.